The Morgan fingerprint density at radius 1 is 1.27 bits per heavy atom. The van der Waals surface area contributed by atoms with E-state index in [0.717, 1.165) is 19.4 Å². The lowest BCUT2D eigenvalue weighted by atomic mass is 10.2. The molecule has 11 heavy (non-hydrogen) atoms. The highest BCUT2D eigenvalue weighted by atomic mass is 16.5. The fourth-order valence-electron chi connectivity index (χ4n) is 0.886. The zero-order chi connectivity index (χ0) is 8.53. The van der Waals surface area contributed by atoms with Crippen LogP contribution in [0.4, 0.5) is 0 Å². The van der Waals surface area contributed by atoms with Gasteiger partial charge in [0.2, 0.25) is 0 Å². The maximum Gasteiger partial charge on any atom is 0.108 e. The lowest BCUT2D eigenvalue weighted by molar-refractivity contribution is -0.0117. The van der Waals surface area contributed by atoms with E-state index in [-0.39, 0.29) is 12.7 Å². The van der Waals surface area contributed by atoms with Crippen molar-refractivity contribution in [3.05, 3.63) is 0 Å². The zero-order valence-electron chi connectivity index (χ0n) is 7.64. The Bertz CT molecular complexity index is 70.0. The van der Waals surface area contributed by atoms with Crippen molar-refractivity contribution < 1.29 is 9.84 Å². The highest BCUT2D eigenvalue weighted by Gasteiger charge is 2.03. The molecule has 0 rings (SSSR count). The summed E-state index contributed by atoms with van der Waals surface area (Å²) in [5.41, 5.74) is 0. The van der Waals surface area contributed by atoms with Gasteiger partial charge >= 0.3 is 0 Å². The lowest BCUT2D eigenvalue weighted by Gasteiger charge is -2.11. The fraction of sp³-hybridized carbons (Fsp3) is 1.00. The monoisotopic (exact) mass is 159 g/mol. The summed E-state index contributed by atoms with van der Waals surface area (Å²) < 4.78 is 5.33. The summed E-state index contributed by atoms with van der Waals surface area (Å²) in [4.78, 5) is 0. The highest BCUT2D eigenvalue weighted by Crippen LogP contribution is 2.00. The normalized spacial score (nSPS) is 13.4. The molecule has 0 saturated heterocycles. The average Bonchev–Trinajstić information content (AvgIpc) is 2.05. The van der Waals surface area contributed by atoms with Crippen molar-refractivity contribution in [2.24, 2.45) is 0 Å². The van der Waals surface area contributed by atoms with E-state index >= 15 is 0 Å². The predicted octanol–water partition coefficient (Wildman–Crippen LogP) is 2.40. The third-order valence-electron chi connectivity index (χ3n) is 1.74. The summed E-state index contributed by atoms with van der Waals surface area (Å²) in [7, 11) is 0. The Hall–Kier alpha value is -0.0800. The van der Waals surface area contributed by atoms with Gasteiger partial charge in [-0.25, -0.2) is 5.11 Å². The highest BCUT2D eigenvalue weighted by molar-refractivity contribution is 4.50. The molecular formula is C9H19O2. The fourth-order valence-corrected chi connectivity index (χ4v) is 0.886. The molecule has 67 valence electrons. The molecule has 0 saturated carbocycles. The second kappa shape index (κ2) is 8.02. The molecule has 0 heterocycles. The van der Waals surface area contributed by atoms with Gasteiger partial charge < -0.3 is 4.74 Å². The molecule has 0 bridgehead atoms. The first kappa shape index (κ1) is 10.9. The maximum absolute atomic E-state index is 10.4. The molecule has 0 aromatic rings. The first-order valence-corrected chi connectivity index (χ1v) is 4.54. The smallest absolute Gasteiger partial charge is 0.108 e. The van der Waals surface area contributed by atoms with Crippen molar-refractivity contribution in [2.45, 2.75) is 45.6 Å². The van der Waals surface area contributed by atoms with E-state index in [4.69, 9.17) is 4.74 Å². The van der Waals surface area contributed by atoms with Crippen molar-refractivity contribution in [1.29, 1.82) is 0 Å². The quantitative estimate of drug-likeness (QED) is 0.524. The van der Waals surface area contributed by atoms with E-state index in [2.05, 4.69) is 6.92 Å². The van der Waals surface area contributed by atoms with Crippen molar-refractivity contribution >= 4 is 0 Å². The van der Waals surface area contributed by atoms with Gasteiger partial charge in [0.25, 0.3) is 0 Å². The SMILES string of the molecule is CCCCCOC(CC)C[O]. The summed E-state index contributed by atoms with van der Waals surface area (Å²) >= 11 is 0. The number of rotatable bonds is 7. The van der Waals surface area contributed by atoms with E-state index in [1.165, 1.54) is 12.8 Å². The lowest BCUT2D eigenvalue weighted by Crippen LogP contribution is -2.16. The number of hydrogen-bond acceptors (Lipinski definition) is 1. The molecule has 0 aliphatic rings. The van der Waals surface area contributed by atoms with E-state index in [1.807, 2.05) is 6.92 Å². The molecule has 1 atom stereocenters. The summed E-state index contributed by atoms with van der Waals surface area (Å²) in [5.74, 6) is 0. The molecule has 0 aromatic carbocycles. The van der Waals surface area contributed by atoms with Crippen LogP contribution in [0.1, 0.15) is 39.5 Å². The minimum absolute atomic E-state index is 0.0492. The van der Waals surface area contributed by atoms with Crippen molar-refractivity contribution in [3.63, 3.8) is 0 Å². The van der Waals surface area contributed by atoms with Crippen LogP contribution in [0.5, 0.6) is 0 Å². The van der Waals surface area contributed by atoms with E-state index in [0.29, 0.717) is 0 Å². The second-order valence-corrected chi connectivity index (χ2v) is 2.77. The molecule has 0 fully saturated rings. The van der Waals surface area contributed by atoms with Gasteiger partial charge in [-0.1, -0.05) is 26.7 Å². The van der Waals surface area contributed by atoms with Crippen LogP contribution in [0.2, 0.25) is 0 Å². The molecule has 0 amide bonds. The Morgan fingerprint density at radius 3 is 2.45 bits per heavy atom. The molecule has 2 heteroatoms. The number of ether oxygens (including phenoxy) is 1. The topological polar surface area (TPSA) is 29.1 Å². The Kier molecular flexibility index (Phi) is 7.96. The van der Waals surface area contributed by atoms with Crippen LogP contribution in [0.25, 0.3) is 0 Å². The molecule has 0 aromatic heterocycles. The minimum atomic E-state index is -0.0946. The summed E-state index contributed by atoms with van der Waals surface area (Å²) in [6.07, 6.45) is 4.29. The first-order chi connectivity index (χ1) is 5.35. The molecule has 1 unspecified atom stereocenters. The second-order valence-electron chi connectivity index (χ2n) is 2.77. The average molecular weight is 159 g/mol. The van der Waals surface area contributed by atoms with Crippen LogP contribution in [0, 0.1) is 0 Å². The standard InChI is InChI=1S/C9H19O2/c1-3-5-6-7-11-9(4-2)8-10/h9H,3-8H2,1-2H3. The molecule has 0 aliphatic carbocycles. The predicted molar refractivity (Wildman–Crippen MR) is 45.1 cm³/mol. The Morgan fingerprint density at radius 2 is 2.00 bits per heavy atom. The van der Waals surface area contributed by atoms with Crippen molar-refractivity contribution in [2.75, 3.05) is 13.2 Å². The van der Waals surface area contributed by atoms with Gasteiger partial charge in [-0.2, -0.15) is 0 Å². The summed E-state index contributed by atoms with van der Waals surface area (Å²) in [6.45, 7) is 4.81. The third kappa shape index (κ3) is 6.32. The summed E-state index contributed by atoms with van der Waals surface area (Å²) in [5, 5.41) is 10.4. The molecule has 0 N–H and O–H groups in total. The Labute approximate surface area is 69.6 Å². The van der Waals surface area contributed by atoms with E-state index in [1.54, 1.807) is 0 Å². The van der Waals surface area contributed by atoms with Gasteiger partial charge in [0.05, 0.1) is 6.10 Å². The first-order valence-electron chi connectivity index (χ1n) is 4.54. The zero-order valence-corrected chi connectivity index (χ0v) is 7.64. The van der Waals surface area contributed by atoms with Gasteiger partial charge in [-0.05, 0) is 12.8 Å². The van der Waals surface area contributed by atoms with Gasteiger partial charge in [-0.15, -0.1) is 0 Å². The molecule has 1 radical (unpaired) electrons. The minimum Gasteiger partial charge on any atom is -0.376 e. The van der Waals surface area contributed by atoms with Gasteiger partial charge in [0, 0.05) is 6.61 Å². The largest absolute Gasteiger partial charge is 0.376 e. The van der Waals surface area contributed by atoms with Gasteiger partial charge in [0.15, 0.2) is 0 Å². The third-order valence-corrected chi connectivity index (χ3v) is 1.74. The van der Waals surface area contributed by atoms with Crippen LogP contribution in [0.3, 0.4) is 0 Å². The van der Waals surface area contributed by atoms with Crippen LogP contribution >= 0.6 is 0 Å². The van der Waals surface area contributed by atoms with Crippen LogP contribution < -0.4 is 0 Å². The molecule has 2 nitrogen and oxygen atoms in total. The maximum atomic E-state index is 10.4. The summed E-state index contributed by atoms with van der Waals surface area (Å²) in [6, 6.07) is 0. The molecule has 0 aliphatic heterocycles. The molecular weight excluding hydrogens is 140 g/mol. The van der Waals surface area contributed by atoms with Crippen LogP contribution in [0.15, 0.2) is 0 Å². The molecule has 0 spiro atoms. The van der Waals surface area contributed by atoms with E-state index < -0.39 is 0 Å². The van der Waals surface area contributed by atoms with Crippen molar-refractivity contribution in [3.8, 4) is 0 Å². The number of hydrogen-bond donors (Lipinski definition) is 0. The Balaban J connectivity index is 3.07. The van der Waals surface area contributed by atoms with E-state index in [9.17, 15) is 5.11 Å². The van der Waals surface area contributed by atoms with Crippen LogP contribution in [-0.2, 0) is 9.84 Å². The van der Waals surface area contributed by atoms with Gasteiger partial charge in [0.1, 0.15) is 6.61 Å². The van der Waals surface area contributed by atoms with Crippen molar-refractivity contribution in [1.82, 2.24) is 0 Å². The number of unbranched alkanes of at least 4 members (excludes halogenated alkanes) is 2. The van der Waals surface area contributed by atoms with Crippen LogP contribution in [-0.4, -0.2) is 19.3 Å². The van der Waals surface area contributed by atoms with Gasteiger partial charge in [-0.3, -0.25) is 0 Å².